The van der Waals surface area contributed by atoms with Crippen LogP contribution in [0.4, 0.5) is 5.69 Å². The van der Waals surface area contributed by atoms with Gasteiger partial charge in [-0.05, 0) is 32.3 Å². The van der Waals surface area contributed by atoms with E-state index >= 15 is 0 Å². The first-order chi connectivity index (χ1) is 7.93. The van der Waals surface area contributed by atoms with E-state index in [1.807, 2.05) is 18.4 Å². The summed E-state index contributed by atoms with van der Waals surface area (Å²) in [6.45, 7) is 9.07. The molecule has 0 radical (unpaired) electrons. The van der Waals surface area contributed by atoms with Gasteiger partial charge in [-0.2, -0.15) is 0 Å². The van der Waals surface area contributed by atoms with Gasteiger partial charge in [0.2, 0.25) is 0 Å². The Morgan fingerprint density at radius 2 is 2.12 bits per heavy atom. The zero-order valence-electron chi connectivity index (χ0n) is 11.2. The van der Waals surface area contributed by atoms with Crippen molar-refractivity contribution in [1.82, 2.24) is 9.88 Å². The Bertz CT molecular complexity index is 382. The van der Waals surface area contributed by atoms with Crippen LogP contribution >= 0.6 is 0 Å². The normalized spacial score (nSPS) is 12.8. The minimum absolute atomic E-state index is 0.0447. The van der Waals surface area contributed by atoms with E-state index in [0.717, 1.165) is 13.0 Å². The largest absolute Gasteiger partial charge is 0.397 e. The van der Waals surface area contributed by atoms with Gasteiger partial charge in [-0.1, -0.05) is 13.8 Å². The molecule has 0 aliphatic heterocycles. The molecule has 1 atom stereocenters. The highest BCUT2D eigenvalue weighted by Gasteiger charge is 2.14. The lowest BCUT2D eigenvalue weighted by atomic mass is 10.1. The second kappa shape index (κ2) is 5.75. The van der Waals surface area contributed by atoms with Gasteiger partial charge in [0, 0.05) is 18.8 Å². The van der Waals surface area contributed by atoms with E-state index in [0.29, 0.717) is 17.3 Å². The molecule has 0 saturated carbocycles. The molecule has 4 heteroatoms. The Labute approximate surface area is 103 Å². The lowest BCUT2D eigenvalue weighted by Crippen LogP contribution is -2.34. The fourth-order valence-corrected chi connectivity index (χ4v) is 2.05. The fraction of sp³-hybridized carbons (Fsp3) is 0.615. The van der Waals surface area contributed by atoms with Crippen molar-refractivity contribution in [3.05, 3.63) is 18.0 Å². The quantitative estimate of drug-likeness (QED) is 0.825. The number of hydrogen-bond donors (Lipinski definition) is 2. The summed E-state index contributed by atoms with van der Waals surface area (Å²) in [4.78, 5) is 12.0. The van der Waals surface area contributed by atoms with Crippen LogP contribution in [0.15, 0.2) is 12.3 Å². The van der Waals surface area contributed by atoms with Gasteiger partial charge in [-0.3, -0.25) is 4.79 Å². The Morgan fingerprint density at radius 1 is 1.47 bits per heavy atom. The summed E-state index contributed by atoms with van der Waals surface area (Å²) in [6, 6.07) is 1.91. The Balaban J connectivity index is 2.69. The van der Waals surface area contributed by atoms with Crippen molar-refractivity contribution < 1.29 is 4.79 Å². The van der Waals surface area contributed by atoms with Crippen LogP contribution < -0.4 is 11.1 Å². The van der Waals surface area contributed by atoms with Crippen LogP contribution in [0, 0.1) is 5.92 Å². The highest BCUT2D eigenvalue weighted by atomic mass is 16.2. The van der Waals surface area contributed by atoms with E-state index in [9.17, 15) is 4.79 Å². The van der Waals surface area contributed by atoms with Gasteiger partial charge in [-0.25, -0.2) is 0 Å². The third kappa shape index (κ3) is 3.80. The molecule has 4 nitrogen and oxygen atoms in total. The molecule has 0 bridgehead atoms. The van der Waals surface area contributed by atoms with Crippen molar-refractivity contribution in [1.29, 1.82) is 0 Å². The van der Waals surface area contributed by atoms with Crippen LogP contribution in [0.25, 0.3) is 0 Å². The summed E-state index contributed by atoms with van der Waals surface area (Å²) in [6.07, 6.45) is 2.77. The van der Waals surface area contributed by atoms with Crippen LogP contribution in [-0.2, 0) is 6.54 Å². The first-order valence-electron chi connectivity index (χ1n) is 6.20. The van der Waals surface area contributed by atoms with E-state index in [1.165, 1.54) is 0 Å². The Morgan fingerprint density at radius 3 is 2.65 bits per heavy atom. The number of carbonyl (C=O) groups excluding carboxylic acids is 1. The standard InChI is InChI=1S/C13H23N3O/c1-5-16-8-11(14)7-12(16)13(17)15-10(4)6-9(2)3/h7-10H,5-6,14H2,1-4H3,(H,15,17). The molecular weight excluding hydrogens is 214 g/mol. The molecule has 1 heterocycles. The van der Waals surface area contributed by atoms with E-state index in [2.05, 4.69) is 19.2 Å². The number of hydrogen-bond acceptors (Lipinski definition) is 2. The smallest absolute Gasteiger partial charge is 0.268 e. The predicted molar refractivity (Wildman–Crippen MR) is 70.9 cm³/mol. The van der Waals surface area contributed by atoms with E-state index < -0.39 is 0 Å². The Kier molecular flexibility index (Phi) is 4.61. The third-order valence-corrected chi connectivity index (χ3v) is 2.69. The third-order valence-electron chi connectivity index (χ3n) is 2.69. The number of nitrogen functional groups attached to an aromatic ring is 1. The maximum absolute atomic E-state index is 12.0. The number of anilines is 1. The van der Waals surface area contributed by atoms with Gasteiger partial charge in [0.25, 0.3) is 5.91 Å². The maximum atomic E-state index is 12.0. The zero-order valence-corrected chi connectivity index (χ0v) is 11.2. The van der Waals surface area contributed by atoms with Crippen molar-refractivity contribution in [2.24, 2.45) is 5.92 Å². The van der Waals surface area contributed by atoms with E-state index in [4.69, 9.17) is 5.73 Å². The van der Waals surface area contributed by atoms with Crippen molar-refractivity contribution >= 4 is 11.6 Å². The maximum Gasteiger partial charge on any atom is 0.268 e. The Hall–Kier alpha value is -1.45. The molecule has 1 unspecified atom stereocenters. The molecule has 3 N–H and O–H groups in total. The van der Waals surface area contributed by atoms with Crippen molar-refractivity contribution in [2.75, 3.05) is 5.73 Å². The number of carbonyl (C=O) groups is 1. The number of nitrogens with two attached hydrogens (primary N) is 1. The summed E-state index contributed by atoms with van der Waals surface area (Å²) < 4.78 is 1.87. The molecule has 0 spiro atoms. The summed E-state index contributed by atoms with van der Waals surface area (Å²) in [5.41, 5.74) is 6.98. The zero-order chi connectivity index (χ0) is 13.0. The lowest BCUT2D eigenvalue weighted by Gasteiger charge is -2.16. The van der Waals surface area contributed by atoms with Crippen LogP contribution in [-0.4, -0.2) is 16.5 Å². The summed E-state index contributed by atoms with van der Waals surface area (Å²) in [5, 5.41) is 3.00. The number of aryl methyl sites for hydroxylation is 1. The molecular formula is C13H23N3O. The lowest BCUT2D eigenvalue weighted by molar-refractivity contribution is 0.0927. The van der Waals surface area contributed by atoms with Gasteiger partial charge in [0.1, 0.15) is 5.69 Å². The summed E-state index contributed by atoms with van der Waals surface area (Å²) in [7, 11) is 0. The van der Waals surface area contributed by atoms with Gasteiger partial charge in [-0.15, -0.1) is 0 Å². The van der Waals surface area contributed by atoms with Gasteiger partial charge < -0.3 is 15.6 Å². The monoisotopic (exact) mass is 237 g/mol. The molecule has 0 fully saturated rings. The molecule has 0 aliphatic carbocycles. The molecule has 1 rings (SSSR count). The van der Waals surface area contributed by atoms with E-state index in [1.54, 1.807) is 12.3 Å². The van der Waals surface area contributed by atoms with Crippen LogP contribution in [0.2, 0.25) is 0 Å². The molecule has 0 aromatic carbocycles. The molecule has 0 aliphatic rings. The second-order valence-electron chi connectivity index (χ2n) is 4.95. The molecule has 1 aromatic heterocycles. The van der Waals surface area contributed by atoms with Crippen molar-refractivity contribution in [2.45, 2.75) is 46.7 Å². The minimum Gasteiger partial charge on any atom is -0.397 e. The van der Waals surface area contributed by atoms with Gasteiger partial charge in [0.05, 0.1) is 5.69 Å². The van der Waals surface area contributed by atoms with Crippen LogP contribution in [0.3, 0.4) is 0 Å². The molecule has 96 valence electrons. The summed E-state index contributed by atoms with van der Waals surface area (Å²) in [5.74, 6) is 0.532. The number of aromatic nitrogens is 1. The highest BCUT2D eigenvalue weighted by Crippen LogP contribution is 2.11. The summed E-state index contributed by atoms with van der Waals surface area (Å²) >= 11 is 0. The predicted octanol–water partition coefficient (Wildman–Crippen LogP) is 2.25. The van der Waals surface area contributed by atoms with Gasteiger partial charge >= 0.3 is 0 Å². The number of rotatable bonds is 5. The van der Waals surface area contributed by atoms with E-state index in [-0.39, 0.29) is 11.9 Å². The first kappa shape index (κ1) is 13.6. The average molecular weight is 237 g/mol. The van der Waals surface area contributed by atoms with Crippen molar-refractivity contribution in [3.8, 4) is 0 Å². The minimum atomic E-state index is -0.0447. The van der Waals surface area contributed by atoms with Crippen LogP contribution in [0.1, 0.15) is 44.6 Å². The molecule has 17 heavy (non-hydrogen) atoms. The van der Waals surface area contributed by atoms with Crippen molar-refractivity contribution in [3.63, 3.8) is 0 Å². The average Bonchev–Trinajstić information content (AvgIpc) is 2.58. The highest BCUT2D eigenvalue weighted by molar-refractivity contribution is 5.94. The SMILES string of the molecule is CCn1cc(N)cc1C(=O)NC(C)CC(C)C. The van der Waals surface area contributed by atoms with Crippen LogP contribution in [0.5, 0.6) is 0 Å². The van der Waals surface area contributed by atoms with Gasteiger partial charge in [0.15, 0.2) is 0 Å². The molecule has 1 amide bonds. The molecule has 0 saturated heterocycles. The number of nitrogens with zero attached hydrogens (tertiary/aromatic N) is 1. The fourth-order valence-electron chi connectivity index (χ4n) is 2.05. The molecule has 1 aromatic rings. The number of amides is 1. The second-order valence-corrected chi connectivity index (χ2v) is 4.95. The number of nitrogens with one attached hydrogen (secondary N) is 1. The first-order valence-corrected chi connectivity index (χ1v) is 6.20. The topological polar surface area (TPSA) is 60.0 Å².